The molecule has 2 saturated heterocycles. The van der Waals surface area contributed by atoms with Crippen molar-refractivity contribution in [3.05, 3.63) is 0 Å². The molecule has 2 aliphatic rings. The molecule has 0 spiro atoms. The average molecular weight is 226 g/mol. The smallest absolute Gasteiger partial charge is 0.0600 e. The molecular weight excluding hydrogens is 200 g/mol. The molecule has 0 aromatic carbocycles. The summed E-state index contributed by atoms with van der Waals surface area (Å²) < 4.78 is 5.81. The summed E-state index contributed by atoms with van der Waals surface area (Å²) in [5, 5.41) is 0. The topological polar surface area (TPSA) is 38.5 Å². The van der Waals surface area contributed by atoms with E-state index in [9.17, 15) is 0 Å². The molecule has 2 bridgehead atoms. The quantitative estimate of drug-likeness (QED) is 0.797. The van der Waals surface area contributed by atoms with E-state index < -0.39 is 0 Å². The van der Waals surface area contributed by atoms with E-state index in [1.54, 1.807) is 0 Å². The predicted molar refractivity (Wildman–Crippen MR) is 66.4 cm³/mol. The van der Waals surface area contributed by atoms with Crippen LogP contribution in [-0.4, -0.2) is 41.8 Å². The minimum atomic E-state index is -0.00869. The Hall–Kier alpha value is -0.120. The molecule has 2 rings (SSSR count). The van der Waals surface area contributed by atoms with Crippen LogP contribution in [0.5, 0.6) is 0 Å². The first-order valence-electron chi connectivity index (χ1n) is 6.61. The van der Waals surface area contributed by atoms with Gasteiger partial charge in [-0.25, -0.2) is 0 Å². The van der Waals surface area contributed by atoms with Crippen molar-refractivity contribution < 1.29 is 4.74 Å². The molecule has 0 saturated carbocycles. The standard InChI is InChI=1S/C13H26N2O/c1-13(2,3)16-7-6-15-11-4-5-12(15)9-10(14)8-11/h10-12H,4-9,14H2,1-3H3. The Bertz CT molecular complexity index is 223. The van der Waals surface area contributed by atoms with Gasteiger partial charge in [-0.1, -0.05) is 0 Å². The minimum absolute atomic E-state index is 0.00869. The Morgan fingerprint density at radius 2 is 1.75 bits per heavy atom. The normalized spacial score (nSPS) is 35.6. The molecule has 2 heterocycles. The third kappa shape index (κ3) is 2.96. The summed E-state index contributed by atoms with van der Waals surface area (Å²) >= 11 is 0. The predicted octanol–water partition coefficient (Wildman–Crippen LogP) is 1.76. The van der Waals surface area contributed by atoms with Gasteiger partial charge in [0.1, 0.15) is 0 Å². The average Bonchev–Trinajstić information content (AvgIpc) is 2.41. The fraction of sp³-hybridized carbons (Fsp3) is 1.00. The molecular formula is C13H26N2O. The van der Waals surface area contributed by atoms with Crippen molar-refractivity contribution in [2.45, 2.75) is 70.2 Å². The van der Waals surface area contributed by atoms with Gasteiger partial charge in [-0.3, -0.25) is 4.90 Å². The van der Waals surface area contributed by atoms with Crippen molar-refractivity contribution in [1.29, 1.82) is 0 Å². The molecule has 94 valence electrons. The summed E-state index contributed by atoms with van der Waals surface area (Å²) in [4.78, 5) is 2.63. The molecule has 2 N–H and O–H groups in total. The van der Waals surface area contributed by atoms with Crippen LogP contribution in [0.4, 0.5) is 0 Å². The van der Waals surface area contributed by atoms with E-state index >= 15 is 0 Å². The van der Waals surface area contributed by atoms with Crippen molar-refractivity contribution in [3.8, 4) is 0 Å². The molecule has 2 fully saturated rings. The molecule has 2 atom stereocenters. The van der Waals surface area contributed by atoms with Crippen LogP contribution in [0.25, 0.3) is 0 Å². The maximum absolute atomic E-state index is 6.06. The lowest BCUT2D eigenvalue weighted by Crippen LogP contribution is -2.48. The first-order chi connectivity index (χ1) is 7.46. The van der Waals surface area contributed by atoms with Crippen LogP contribution < -0.4 is 5.73 Å². The van der Waals surface area contributed by atoms with Crippen LogP contribution in [0.15, 0.2) is 0 Å². The van der Waals surface area contributed by atoms with Crippen molar-refractivity contribution in [1.82, 2.24) is 4.90 Å². The van der Waals surface area contributed by atoms with E-state index in [-0.39, 0.29) is 5.60 Å². The van der Waals surface area contributed by atoms with Crippen LogP contribution in [-0.2, 0) is 4.74 Å². The minimum Gasteiger partial charge on any atom is -0.375 e. The molecule has 0 aliphatic carbocycles. The number of hydrogen-bond acceptors (Lipinski definition) is 3. The van der Waals surface area contributed by atoms with Gasteiger partial charge in [0.05, 0.1) is 12.2 Å². The van der Waals surface area contributed by atoms with E-state index in [0.29, 0.717) is 6.04 Å². The second kappa shape index (κ2) is 4.63. The number of fused-ring (bicyclic) bond motifs is 2. The van der Waals surface area contributed by atoms with E-state index in [0.717, 1.165) is 25.2 Å². The molecule has 0 radical (unpaired) electrons. The zero-order chi connectivity index (χ0) is 11.8. The summed E-state index contributed by atoms with van der Waals surface area (Å²) in [7, 11) is 0. The highest BCUT2D eigenvalue weighted by atomic mass is 16.5. The summed E-state index contributed by atoms with van der Waals surface area (Å²) in [6.07, 6.45) is 5.06. The maximum atomic E-state index is 6.06. The Morgan fingerprint density at radius 3 is 2.25 bits per heavy atom. The van der Waals surface area contributed by atoms with Crippen molar-refractivity contribution in [3.63, 3.8) is 0 Å². The van der Waals surface area contributed by atoms with Gasteiger partial charge in [0.15, 0.2) is 0 Å². The number of ether oxygens (including phenoxy) is 1. The number of piperidine rings is 1. The van der Waals surface area contributed by atoms with Crippen molar-refractivity contribution in [2.75, 3.05) is 13.2 Å². The van der Waals surface area contributed by atoms with Gasteiger partial charge >= 0.3 is 0 Å². The molecule has 2 unspecified atom stereocenters. The second-order valence-corrected chi connectivity index (χ2v) is 6.32. The highest BCUT2D eigenvalue weighted by Gasteiger charge is 2.39. The molecule has 0 aromatic heterocycles. The largest absolute Gasteiger partial charge is 0.375 e. The molecule has 0 aromatic rings. The van der Waals surface area contributed by atoms with Crippen LogP contribution in [0, 0.1) is 0 Å². The fourth-order valence-electron chi connectivity index (χ4n) is 3.14. The van der Waals surface area contributed by atoms with Gasteiger partial charge in [-0.2, -0.15) is 0 Å². The summed E-state index contributed by atoms with van der Waals surface area (Å²) in [5.41, 5.74) is 6.05. The van der Waals surface area contributed by atoms with Gasteiger partial charge in [0.2, 0.25) is 0 Å². The number of nitrogens with two attached hydrogens (primary N) is 1. The summed E-state index contributed by atoms with van der Waals surface area (Å²) in [6, 6.07) is 1.91. The lowest BCUT2D eigenvalue weighted by Gasteiger charge is -2.38. The third-order valence-corrected chi connectivity index (χ3v) is 3.81. The van der Waals surface area contributed by atoms with Crippen LogP contribution in [0.3, 0.4) is 0 Å². The lowest BCUT2D eigenvalue weighted by atomic mass is 9.98. The molecule has 3 heteroatoms. The van der Waals surface area contributed by atoms with Crippen LogP contribution in [0.1, 0.15) is 46.5 Å². The van der Waals surface area contributed by atoms with E-state index in [1.807, 2.05) is 0 Å². The van der Waals surface area contributed by atoms with E-state index in [2.05, 4.69) is 25.7 Å². The summed E-state index contributed by atoms with van der Waals surface area (Å²) in [6.45, 7) is 8.29. The van der Waals surface area contributed by atoms with Gasteiger partial charge in [0.25, 0.3) is 0 Å². The zero-order valence-corrected chi connectivity index (χ0v) is 10.9. The molecule has 0 amide bonds. The third-order valence-electron chi connectivity index (χ3n) is 3.81. The number of rotatable bonds is 3. The van der Waals surface area contributed by atoms with Gasteiger partial charge in [-0.15, -0.1) is 0 Å². The van der Waals surface area contributed by atoms with Crippen LogP contribution >= 0.6 is 0 Å². The second-order valence-electron chi connectivity index (χ2n) is 6.32. The highest BCUT2D eigenvalue weighted by molar-refractivity contribution is 4.96. The van der Waals surface area contributed by atoms with E-state index in [4.69, 9.17) is 10.5 Å². The van der Waals surface area contributed by atoms with Crippen molar-refractivity contribution in [2.24, 2.45) is 5.73 Å². The number of nitrogens with zero attached hydrogens (tertiary/aromatic N) is 1. The first-order valence-corrected chi connectivity index (χ1v) is 6.61. The summed E-state index contributed by atoms with van der Waals surface area (Å²) in [5.74, 6) is 0. The van der Waals surface area contributed by atoms with Gasteiger partial charge in [0, 0.05) is 24.7 Å². The van der Waals surface area contributed by atoms with Gasteiger partial charge < -0.3 is 10.5 Å². The van der Waals surface area contributed by atoms with Crippen molar-refractivity contribution >= 4 is 0 Å². The highest BCUT2D eigenvalue weighted by Crippen LogP contribution is 2.34. The maximum Gasteiger partial charge on any atom is 0.0600 e. The van der Waals surface area contributed by atoms with Crippen LogP contribution in [0.2, 0.25) is 0 Å². The Balaban J connectivity index is 1.79. The monoisotopic (exact) mass is 226 g/mol. The Labute approximate surface area is 99.3 Å². The van der Waals surface area contributed by atoms with Gasteiger partial charge in [-0.05, 0) is 46.5 Å². The lowest BCUT2D eigenvalue weighted by molar-refractivity contribution is -0.0233. The Kier molecular flexibility index (Phi) is 3.57. The fourth-order valence-corrected chi connectivity index (χ4v) is 3.14. The first kappa shape index (κ1) is 12.3. The molecule has 16 heavy (non-hydrogen) atoms. The Morgan fingerprint density at radius 1 is 1.19 bits per heavy atom. The SMILES string of the molecule is CC(C)(C)OCCN1C2CCC1CC(N)C2. The zero-order valence-electron chi connectivity index (χ0n) is 10.9. The number of hydrogen-bond donors (Lipinski definition) is 1. The molecule has 2 aliphatic heterocycles. The van der Waals surface area contributed by atoms with E-state index in [1.165, 1.54) is 25.7 Å². The molecule has 3 nitrogen and oxygen atoms in total.